The maximum atomic E-state index is 6.16. The van der Waals surface area contributed by atoms with E-state index in [4.69, 9.17) is 11.6 Å². The molecule has 0 radical (unpaired) electrons. The molecule has 2 aromatic rings. The Labute approximate surface area is 119 Å². The highest BCUT2D eigenvalue weighted by Gasteiger charge is 2.14. The van der Waals surface area contributed by atoms with E-state index < -0.39 is 0 Å². The summed E-state index contributed by atoms with van der Waals surface area (Å²) in [4.78, 5) is 4.38. The highest BCUT2D eigenvalue weighted by Crippen LogP contribution is 2.25. The number of nitrogens with zero attached hydrogens (tertiary/aromatic N) is 1. The normalized spacial score (nSPS) is 12.4. The van der Waals surface area contributed by atoms with Gasteiger partial charge in [0.1, 0.15) is 0 Å². The van der Waals surface area contributed by atoms with Crippen LogP contribution in [-0.2, 0) is 0 Å². The van der Waals surface area contributed by atoms with Gasteiger partial charge in [0, 0.05) is 16.9 Å². The van der Waals surface area contributed by atoms with Crippen molar-refractivity contribution in [2.24, 2.45) is 0 Å². The molecule has 3 heteroatoms. The van der Waals surface area contributed by atoms with Gasteiger partial charge in [-0.1, -0.05) is 30.7 Å². The molecule has 100 valence electrons. The summed E-state index contributed by atoms with van der Waals surface area (Å²) in [6.45, 7) is 7.05. The average molecular weight is 275 g/mol. The van der Waals surface area contributed by atoms with E-state index >= 15 is 0 Å². The van der Waals surface area contributed by atoms with Gasteiger partial charge in [-0.25, -0.2) is 0 Å². The van der Waals surface area contributed by atoms with Crippen molar-refractivity contribution in [3.8, 4) is 0 Å². The van der Waals surface area contributed by atoms with Gasteiger partial charge < -0.3 is 5.32 Å². The van der Waals surface area contributed by atoms with Crippen molar-refractivity contribution in [2.45, 2.75) is 26.8 Å². The standard InChI is InChI=1S/C16H19ClN2/c1-4-18-16(13-6-5-12(3)19-10-13)14-7-11(2)8-15(17)9-14/h5-10,16,18H,4H2,1-3H3. The van der Waals surface area contributed by atoms with Gasteiger partial charge in [0.25, 0.3) is 0 Å². The van der Waals surface area contributed by atoms with Gasteiger partial charge in [0.15, 0.2) is 0 Å². The van der Waals surface area contributed by atoms with E-state index in [0.717, 1.165) is 22.8 Å². The quantitative estimate of drug-likeness (QED) is 0.910. The van der Waals surface area contributed by atoms with Gasteiger partial charge in [-0.05, 0) is 55.3 Å². The SMILES string of the molecule is CCNC(c1ccc(C)nc1)c1cc(C)cc(Cl)c1. The van der Waals surface area contributed by atoms with E-state index in [9.17, 15) is 0 Å². The molecule has 0 fully saturated rings. The van der Waals surface area contributed by atoms with Gasteiger partial charge in [0.05, 0.1) is 6.04 Å². The van der Waals surface area contributed by atoms with Crippen molar-refractivity contribution < 1.29 is 0 Å². The van der Waals surface area contributed by atoms with Gasteiger partial charge in [-0.15, -0.1) is 0 Å². The second-order valence-corrected chi connectivity index (χ2v) is 5.22. The molecule has 0 bridgehead atoms. The minimum Gasteiger partial charge on any atom is -0.306 e. The summed E-state index contributed by atoms with van der Waals surface area (Å²) in [6, 6.07) is 10.4. The maximum absolute atomic E-state index is 6.16. The molecule has 2 rings (SSSR count). The van der Waals surface area contributed by atoms with Crippen LogP contribution in [0.25, 0.3) is 0 Å². The highest BCUT2D eigenvalue weighted by atomic mass is 35.5. The molecule has 19 heavy (non-hydrogen) atoms. The van der Waals surface area contributed by atoms with Crippen LogP contribution in [0.15, 0.2) is 36.5 Å². The minimum atomic E-state index is 0.135. The molecule has 0 aliphatic carbocycles. The zero-order valence-electron chi connectivity index (χ0n) is 11.6. The number of aryl methyl sites for hydroxylation is 2. The molecule has 0 aliphatic heterocycles. The van der Waals surface area contributed by atoms with Crippen LogP contribution in [0.2, 0.25) is 5.02 Å². The molecule has 0 spiro atoms. The number of hydrogen-bond donors (Lipinski definition) is 1. The lowest BCUT2D eigenvalue weighted by Crippen LogP contribution is -2.22. The largest absolute Gasteiger partial charge is 0.306 e. The van der Waals surface area contributed by atoms with Crippen LogP contribution in [0.4, 0.5) is 0 Å². The van der Waals surface area contributed by atoms with E-state index in [1.165, 1.54) is 11.1 Å². The van der Waals surface area contributed by atoms with Crippen LogP contribution in [-0.4, -0.2) is 11.5 Å². The van der Waals surface area contributed by atoms with Crippen molar-refractivity contribution in [1.29, 1.82) is 0 Å². The first-order valence-corrected chi connectivity index (χ1v) is 6.91. The molecule has 1 N–H and O–H groups in total. The van der Waals surface area contributed by atoms with E-state index in [-0.39, 0.29) is 6.04 Å². The Balaban J connectivity index is 2.41. The van der Waals surface area contributed by atoms with E-state index in [0.29, 0.717) is 0 Å². The van der Waals surface area contributed by atoms with Gasteiger partial charge in [-0.2, -0.15) is 0 Å². The van der Waals surface area contributed by atoms with Crippen molar-refractivity contribution in [3.05, 3.63) is 63.9 Å². The molecule has 1 aromatic carbocycles. The number of nitrogens with one attached hydrogen (secondary N) is 1. The zero-order valence-corrected chi connectivity index (χ0v) is 12.3. The summed E-state index contributed by atoms with van der Waals surface area (Å²) in [5.41, 5.74) is 4.54. The summed E-state index contributed by atoms with van der Waals surface area (Å²) in [5.74, 6) is 0. The Hall–Kier alpha value is -1.38. The topological polar surface area (TPSA) is 24.9 Å². The van der Waals surface area contributed by atoms with Crippen molar-refractivity contribution in [2.75, 3.05) is 6.54 Å². The zero-order chi connectivity index (χ0) is 13.8. The van der Waals surface area contributed by atoms with Crippen LogP contribution in [0.5, 0.6) is 0 Å². The predicted octanol–water partition coefficient (Wildman–Crippen LogP) is 4.05. The lowest BCUT2D eigenvalue weighted by atomic mass is 9.98. The number of aromatic nitrogens is 1. The minimum absolute atomic E-state index is 0.135. The number of rotatable bonds is 4. The van der Waals surface area contributed by atoms with Crippen LogP contribution in [0.3, 0.4) is 0 Å². The number of benzene rings is 1. The van der Waals surface area contributed by atoms with Crippen molar-refractivity contribution in [3.63, 3.8) is 0 Å². The smallest absolute Gasteiger partial charge is 0.0592 e. The lowest BCUT2D eigenvalue weighted by molar-refractivity contribution is 0.628. The predicted molar refractivity (Wildman–Crippen MR) is 80.7 cm³/mol. The van der Waals surface area contributed by atoms with Gasteiger partial charge >= 0.3 is 0 Å². The van der Waals surface area contributed by atoms with Gasteiger partial charge in [0.2, 0.25) is 0 Å². The fraction of sp³-hybridized carbons (Fsp3) is 0.312. The first-order valence-electron chi connectivity index (χ1n) is 6.53. The van der Waals surface area contributed by atoms with Gasteiger partial charge in [-0.3, -0.25) is 4.98 Å². The van der Waals surface area contributed by atoms with Crippen LogP contribution >= 0.6 is 11.6 Å². The summed E-state index contributed by atoms with van der Waals surface area (Å²) >= 11 is 6.16. The fourth-order valence-electron chi connectivity index (χ4n) is 2.21. The summed E-state index contributed by atoms with van der Waals surface area (Å²) in [7, 11) is 0. The van der Waals surface area contributed by atoms with Crippen LogP contribution in [0.1, 0.15) is 35.3 Å². The third-order valence-corrected chi connectivity index (χ3v) is 3.29. The highest BCUT2D eigenvalue weighted by molar-refractivity contribution is 6.30. The maximum Gasteiger partial charge on any atom is 0.0592 e. The lowest BCUT2D eigenvalue weighted by Gasteiger charge is -2.19. The Morgan fingerprint density at radius 2 is 1.95 bits per heavy atom. The monoisotopic (exact) mass is 274 g/mol. The second kappa shape index (κ2) is 6.18. The third-order valence-electron chi connectivity index (χ3n) is 3.07. The molecule has 1 atom stereocenters. The molecule has 2 nitrogen and oxygen atoms in total. The number of halogens is 1. The van der Waals surface area contributed by atoms with Crippen molar-refractivity contribution in [1.82, 2.24) is 10.3 Å². The Bertz CT molecular complexity index is 529. The molecule has 1 unspecified atom stereocenters. The second-order valence-electron chi connectivity index (χ2n) is 4.79. The Morgan fingerprint density at radius 1 is 1.16 bits per heavy atom. The molecule has 1 heterocycles. The Morgan fingerprint density at radius 3 is 2.53 bits per heavy atom. The molecule has 0 amide bonds. The number of hydrogen-bond acceptors (Lipinski definition) is 2. The first-order chi connectivity index (χ1) is 9.10. The summed E-state index contributed by atoms with van der Waals surface area (Å²) < 4.78 is 0. The fourth-order valence-corrected chi connectivity index (χ4v) is 2.51. The third kappa shape index (κ3) is 3.55. The molecule has 0 saturated heterocycles. The molecular weight excluding hydrogens is 256 g/mol. The number of pyridine rings is 1. The molecular formula is C16H19ClN2. The molecule has 0 aliphatic rings. The Kier molecular flexibility index (Phi) is 4.56. The molecule has 0 saturated carbocycles. The van der Waals surface area contributed by atoms with E-state index in [2.05, 4.69) is 36.3 Å². The molecule has 1 aromatic heterocycles. The van der Waals surface area contributed by atoms with Crippen molar-refractivity contribution >= 4 is 11.6 Å². The summed E-state index contributed by atoms with van der Waals surface area (Å²) in [5, 5.41) is 4.27. The van der Waals surface area contributed by atoms with Crippen LogP contribution in [0, 0.1) is 13.8 Å². The van der Waals surface area contributed by atoms with E-state index in [1.807, 2.05) is 31.3 Å². The van der Waals surface area contributed by atoms with E-state index in [1.54, 1.807) is 0 Å². The average Bonchev–Trinajstić information content (AvgIpc) is 2.36. The first kappa shape index (κ1) is 14.0. The summed E-state index contributed by atoms with van der Waals surface area (Å²) in [6.07, 6.45) is 1.93. The van der Waals surface area contributed by atoms with Crippen LogP contribution < -0.4 is 5.32 Å².